The summed E-state index contributed by atoms with van der Waals surface area (Å²) in [5.41, 5.74) is 0.794. The summed E-state index contributed by atoms with van der Waals surface area (Å²) in [4.78, 5) is 11.4. The maximum absolute atomic E-state index is 10.3. The number of hydrogen-bond donors (Lipinski definition) is 3. The predicted molar refractivity (Wildman–Crippen MR) is 96.5 cm³/mol. The molecule has 1 aromatic heterocycles. The Kier molecular flexibility index (Phi) is 4.90. The van der Waals surface area contributed by atoms with Crippen LogP contribution in [0.15, 0.2) is 24.3 Å². The molecule has 2 heterocycles. The number of aliphatic hydroxyl groups is 2. The number of aromatic nitrogens is 2. The molecule has 8 nitrogen and oxygen atoms in total. The third-order valence-electron chi connectivity index (χ3n) is 5.10. The first-order valence-corrected chi connectivity index (χ1v) is 8.95. The summed E-state index contributed by atoms with van der Waals surface area (Å²) >= 11 is 0. The second-order valence-corrected chi connectivity index (χ2v) is 6.73. The highest BCUT2D eigenvalue weighted by Crippen LogP contribution is 2.31. The number of anilines is 1. The molecule has 2 aliphatic rings. The zero-order valence-electron chi connectivity index (χ0n) is 14.7. The molecule has 2 aromatic rings. The van der Waals surface area contributed by atoms with Crippen LogP contribution >= 0.6 is 0 Å². The molecule has 1 saturated carbocycles. The lowest BCUT2D eigenvalue weighted by atomic mass is 10.2. The monoisotopic (exact) mass is 360 g/mol. The lowest BCUT2D eigenvalue weighted by Crippen LogP contribution is -2.44. The molecule has 8 heteroatoms. The van der Waals surface area contributed by atoms with Crippen molar-refractivity contribution < 1.29 is 19.7 Å². The van der Waals surface area contributed by atoms with E-state index in [4.69, 9.17) is 9.47 Å². The maximum atomic E-state index is 10.3. The van der Waals surface area contributed by atoms with E-state index in [0.717, 1.165) is 37.1 Å². The first-order valence-electron chi connectivity index (χ1n) is 8.95. The molecule has 0 bridgehead atoms. The molecule has 3 N–H and O–H groups in total. The van der Waals surface area contributed by atoms with Crippen LogP contribution in [0.2, 0.25) is 0 Å². The fourth-order valence-corrected chi connectivity index (χ4v) is 3.58. The number of aliphatic hydroxyl groups excluding tert-OH is 2. The van der Waals surface area contributed by atoms with Crippen molar-refractivity contribution in [3.8, 4) is 5.88 Å². The second kappa shape index (κ2) is 7.32. The van der Waals surface area contributed by atoms with Gasteiger partial charge < -0.3 is 29.9 Å². The molecular weight excluding hydrogens is 336 g/mol. The third-order valence-corrected chi connectivity index (χ3v) is 5.10. The fourth-order valence-electron chi connectivity index (χ4n) is 3.58. The van der Waals surface area contributed by atoms with Crippen LogP contribution in [0.4, 0.5) is 5.95 Å². The first-order chi connectivity index (χ1) is 12.7. The topological polar surface area (TPSA) is 100.0 Å². The Morgan fingerprint density at radius 1 is 1.08 bits per heavy atom. The molecule has 4 unspecified atom stereocenters. The van der Waals surface area contributed by atoms with Crippen molar-refractivity contribution in [1.82, 2.24) is 15.3 Å². The predicted octanol–water partition coefficient (Wildman–Crippen LogP) is -0.0727. The van der Waals surface area contributed by atoms with E-state index in [1.165, 1.54) is 7.11 Å². The zero-order chi connectivity index (χ0) is 18.1. The van der Waals surface area contributed by atoms with Crippen molar-refractivity contribution in [1.29, 1.82) is 0 Å². The number of methoxy groups -OCH3 is 1. The molecule has 1 saturated heterocycles. The SMILES string of the molecule is COC1CC(Oc2nc(N3CCNCC3)nc3ccccc23)C(O)C1O. The van der Waals surface area contributed by atoms with Crippen LogP contribution in [0.5, 0.6) is 5.88 Å². The van der Waals surface area contributed by atoms with Crippen molar-refractivity contribution in [2.45, 2.75) is 30.8 Å². The van der Waals surface area contributed by atoms with E-state index in [2.05, 4.69) is 20.2 Å². The van der Waals surface area contributed by atoms with Gasteiger partial charge in [0.05, 0.1) is 17.0 Å². The summed E-state index contributed by atoms with van der Waals surface area (Å²) in [7, 11) is 1.52. The van der Waals surface area contributed by atoms with Gasteiger partial charge in [0.1, 0.15) is 18.3 Å². The van der Waals surface area contributed by atoms with Crippen molar-refractivity contribution in [3.05, 3.63) is 24.3 Å². The molecule has 0 radical (unpaired) electrons. The summed E-state index contributed by atoms with van der Waals surface area (Å²) in [6.07, 6.45) is -2.61. The van der Waals surface area contributed by atoms with E-state index in [9.17, 15) is 10.2 Å². The lowest BCUT2D eigenvalue weighted by Gasteiger charge is -2.28. The number of ether oxygens (including phenoxy) is 2. The van der Waals surface area contributed by atoms with E-state index < -0.39 is 24.4 Å². The van der Waals surface area contributed by atoms with Gasteiger partial charge in [-0.1, -0.05) is 12.1 Å². The van der Waals surface area contributed by atoms with Gasteiger partial charge in [0, 0.05) is 39.7 Å². The van der Waals surface area contributed by atoms with Crippen molar-refractivity contribution in [3.63, 3.8) is 0 Å². The summed E-state index contributed by atoms with van der Waals surface area (Å²) < 4.78 is 11.3. The molecule has 26 heavy (non-hydrogen) atoms. The van der Waals surface area contributed by atoms with Crippen LogP contribution in [0, 0.1) is 0 Å². The highest BCUT2D eigenvalue weighted by Gasteiger charge is 2.43. The molecule has 140 valence electrons. The number of nitrogens with zero attached hydrogens (tertiary/aromatic N) is 3. The number of rotatable bonds is 4. The maximum Gasteiger partial charge on any atom is 0.229 e. The number of hydrogen-bond acceptors (Lipinski definition) is 8. The Hall–Kier alpha value is -2.00. The minimum atomic E-state index is -1.02. The van der Waals surface area contributed by atoms with Crippen molar-refractivity contribution >= 4 is 16.9 Å². The number of nitrogens with one attached hydrogen (secondary N) is 1. The average molecular weight is 360 g/mol. The molecule has 0 amide bonds. The quantitative estimate of drug-likeness (QED) is 0.697. The van der Waals surface area contributed by atoms with Gasteiger partial charge in [-0.25, -0.2) is 4.98 Å². The Bertz CT molecular complexity index is 768. The Morgan fingerprint density at radius 2 is 1.81 bits per heavy atom. The van der Waals surface area contributed by atoms with E-state index in [1.54, 1.807) is 0 Å². The fraction of sp³-hybridized carbons (Fsp3) is 0.556. The number of piperazine rings is 1. The molecule has 0 spiro atoms. The molecule has 1 aromatic carbocycles. The van der Waals surface area contributed by atoms with Gasteiger partial charge in [-0.3, -0.25) is 0 Å². The lowest BCUT2D eigenvalue weighted by molar-refractivity contribution is -0.0483. The van der Waals surface area contributed by atoms with Crippen LogP contribution in [0.3, 0.4) is 0 Å². The van der Waals surface area contributed by atoms with Gasteiger partial charge in [0.2, 0.25) is 11.8 Å². The van der Waals surface area contributed by atoms with E-state index in [0.29, 0.717) is 18.2 Å². The first kappa shape index (κ1) is 17.4. The van der Waals surface area contributed by atoms with Gasteiger partial charge in [-0.05, 0) is 12.1 Å². The van der Waals surface area contributed by atoms with Crippen LogP contribution in [0.25, 0.3) is 10.9 Å². The Morgan fingerprint density at radius 3 is 2.54 bits per heavy atom. The minimum Gasteiger partial charge on any atom is -0.471 e. The number of para-hydroxylation sites is 1. The van der Waals surface area contributed by atoms with E-state index in [-0.39, 0.29) is 0 Å². The highest BCUT2D eigenvalue weighted by molar-refractivity contribution is 5.84. The molecule has 4 atom stereocenters. The Labute approximate surface area is 151 Å². The molecule has 1 aliphatic heterocycles. The largest absolute Gasteiger partial charge is 0.471 e. The molecule has 1 aliphatic carbocycles. The van der Waals surface area contributed by atoms with Crippen LogP contribution < -0.4 is 15.0 Å². The van der Waals surface area contributed by atoms with Gasteiger partial charge in [-0.2, -0.15) is 4.98 Å². The summed E-state index contributed by atoms with van der Waals surface area (Å²) in [5.74, 6) is 1.05. The highest BCUT2D eigenvalue weighted by atomic mass is 16.5. The number of fused-ring (bicyclic) bond motifs is 1. The van der Waals surface area contributed by atoms with Crippen LogP contribution in [-0.4, -0.2) is 77.9 Å². The van der Waals surface area contributed by atoms with Crippen molar-refractivity contribution in [2.75, 3.05) is 38.2 Å². The third kappa shape index (κ3) is 3.21. The zero-order valence-corrected chi connectivity index (χ0v) is 14.7. The second-order valence-electron chi connectivity index (χ2n) is 6.73. The van der Waals surface area contributed by atoms with Gasteiger partial charge in [0.25, 0.3) is 0 Å². The van der Waals surface area contributed by atoms with Gasteiger partial charge in [-0.15, -0.1) is 0 Å². The summed E-state index contributed by atoms with van der Waals surface area (Å²) in [5, 5.41) is 24.5. The van der Waals surface area contributed by atoms with E-state index in [1.807, 2.05) is 24.3 Å². The Balaban J connectivity index is 1.67. The van der Waals surface area contributed by atoms with E-state index >= 15 is 0 Å². The van der Waals surface area contributed by atoms with Gasteiger partial charge >= 0.3 is 0 Å². The molecular formula is C18H24N4O4. The standard InChI is InChI=1S/C18H24N4O4/c1-25-13-10-14(16(24)15(13)23)26-17-11-4-2-3-5-12(11)20-18(21-17)22-8-6-19-7-9-22/h2-5,13-16,19,23-24H,6-10H2,1H3. The summed E-state index contributed by atoms with van der Waals surface area (Å²) in [6, 6.07) is 7.65. The molecule has 4 rings (SSSR count). The minimum absolute atomic E-state index is 0.403. The normalized spacial score (nSPS) is 29.3. The average Bonchev–Trinajstić information content (AvgIpc) is 2.96. The molecule has 2 fully saturated rings. The summed E-state index contributed by atoms with van der Waals surface area (Å²) in [6.45, 7) is 3.42. The smallest absolute Gasteiger partial charge is 0.229 e. The van der Waals surface area contributed by atoms with Crippen LogP contribution in [-0.2, 0) is 4.74 Å². The van der Waals surface area contributed by atoms with Crippen LogP contribution in [0.1, 0.15) is 6.42 Å². The number of benzene rings is 1. The van der Waals surface area contributed by atoms with Crippen molar-refractivity contribution in [2.24, 2.45) is 0 Å². The van der Waals surface area contributed by atoms with Gasteiger partial charge in [0.15, 0.2) is 0 Å².